The molecule has 7 heteroatoms. The molecular weight excluding hydrogens is 328 g/mol. The minimum atomic E-state index is -1.64. The highest BCUT2D eigenvalue weighted by Gasteiger charge is 2.24. The SMILES string of the molecule is COc1ccc([Si](C)(C)CCNC(=O)[C@H](CS)NC(C)=O)cc1. The molecule has 0 aliphatic heterocycles. The number of nitrogens with one attached hydrogen (secondary N) is 2. The average Bonchev–Trinajstić information content (AvgIpc) is 2.52. The third-order valence-electron chi connectivity index (χ3n) is 3.80. The summed E-state index contributed by atoms with van der Waals surface area (Å²) in [4.78, 5) is 23.1. The Morgan fingerprint density at radius 3 is 2.35 bits per heavy atom. The maximum atomic E-state index is 12.0. The van der Waals surface area contributed by atoms with Crippen LogP contribution in [0.4, 0.5) is 0 Å². The van der Waals surface area contributed by atoms with Gasteiger partial charge in [-0.05, 0) is 18.2 Å². The molecular formula is C16H26N2O3SSi. The summed E-state index contributed by atoms with van der Waals surface area (Å²) >= 11 is 4.11. The van der Waals surface area contributed by atoms with Crippen LogP contribution in [-0.4, -0.2) is 45.3 Å². The molecule has 2 N–H and O–H groups in total. The molecule has 1 atom stereocenters. The Balaban J connectivity index is 2.54. The van der Waals surface area contributed by atoms with Crippen LogP contribution < -0.4 is 20.6 Å². The molecule has 0 aliphatic carbocycles. The first-order chi connectivity index (χ1) is 10.8. The van der Waals surface area contributed by atoms with Crippen molar-refractivity contribution in [3.8, 4) is 5.75 Å². The van der Waals surface area contributed by atoms with E-state index < -0.39 is 14.1 Å². The lowest BCUT2D eigenvalue weighted by molar-refractivity contribution is -0.127. The minimum absolute atomic E-state index is 0.185. The number of carbonyl (C=O) groups excluding carboxylic acids is 2. The van der Waals surface area contributed by atoms with Crippen LogP contribution in [0.15, 0.2) is 24.3 Å². The van der Waals surface area contributed by atoms with Crippen LogP contribution in [0.25, 0.3) is 0 Å². The Morgan fingerprint density at radius 1 is 1.26 bits per heavy atom. The molecule has 0 saturated carbocycles. The molecule has 0 aromatic heterocycles. The predicted molar refractivity (Wildman–Crippen MR) is 99.4 cm³/mol. The topological polar surface area (TPSA) is 67.4 Å². The van der Waals surface area contributed by atoms with Gasteiger partial charge in [-0.2, -0.15) is 12.6 Å². The van der Waals surface area contributed by atoms with Gasteiger partial charge in [0, 0.05) is 19.2 Å². The highest BCUT2D eigenvalue weighted by atomic mass is 32.1. The van der Waals surface area contributed by atoms with Gasteiger partial charge in [0.25, 0.3) is 0 Å². The van der Waals surface area contributed by atoms with Gasteiger partial charge in [0.05, 0.1) is 15.2 Å². The summed E-state index contributed by atoms with van der Waals surface area (Å²) in [6.07, 6.45) is 0. The highest BCUT2D eigenvalue weighted by molar-refractivity contribution is 7.80. The number of ether oxygens (including phenoxy) is 1. The van der Waals surface area contributed by atoms with Gasteiger partial charge in [0.1, 0.15) is 11.8 Å². The Bertz CT molecular complexity index is 535. The zero-order valence-corrected chi connectivity index (χ0v) is 16.1. The number of hydrogen-bond acceptors (Lipinski definition) is 4. The standard InChI is InChI=1S/C16H26N2O3SSi/c1-12(19)18-15(11-22)16(20)17-9-10-23(3,4)14-7-5-13(21-2)6-8-14/h5-8,15,22H,9-11H2,1-4H3,(H,17,20)(H,18,19)/t15-/m0/s1. The summed E-state index contributed by atoms with van der Waals surface area (Å²) in [6.45, 7) is 6.52. The zero-order valence-electron chi connectivity index (χ0n) is 14.2. The van der Waals surface area contributed by atoms with Crippen LogP contribution >= 0.6 is 12.6 Å². The molecule has 5 nitrogen and oxygen atoms in total. The molecule has 0 saturated heterocycles. The van der Waals surface area contributed by atoms with Crippen LogP contribution in [0.2, 0.25) is 19.1 Å². The maximum Gasteiger partial charge on any atom is 0.243 e. The van der Waals surface area contributed by atoms with Crippen molar-refractivity contribution in [3.05, 3.63) is 24.3 Å². The Kier molecular flexibility index (Phi) is 7.64. The summed E-state index contributed by atoms with van der Waals surface area (Å²) < 4.78 is 5.18. The van der Waals surface area contributed by atoms with Crippen LogP contribution in [0.3, 0.4) is 0 Å². The maximum absolute atomic E-state index is 12.0. The first-order valence-electron chi connectivity index (χ1n) is 7.60. The Morgan fingerprint density at radius 2 is 1.87 bits per heavy atom. The number of amides is 2. The van der Waals surface area contributed by atoms with E-state index in [9.17, 15) is 9.59 Å². The fourth-order valence-electron chi connectivity index (χ4n) is 2.25. The van der Waals surface area contributed by atoms with Crippen molar-refractivity contribution >= 4 is 37.7 Å². The van der Waals surface area contributed by atoms with Crippen LogP contribution in [0.5, 0.6) is 5.75 Å². The zero-order chi connectivity index (χ0) is 17.5. The van der Waals surface area contributed by atoms with Crippen LogP contribution in [0, 0.1) is 0 Å². The first-order valence-corrected chi connectivity index (χ1v) is 11.4. The van der Waals surface area contributed by atoms with Gasteiger partial charge >= 0.3 is 0 Å². The van der Waals surface area contributed by atoms with Gasteiger partial charge in [-0.25, -0.2) is 0 Å². The first kappa shape index (κ1) is 19.6. The summed E-state index contributed by atoms with van der Waals surface area (Å²) in [5.74, 6) is 0.714. The number of rotatable bonds is 8. The van der Waals surface area contributed by atoms with Crippen molar-refractivity contribution < 1.29 is 14.3 Å². The van der Waals surface area contributed by atoms with Crippen molar-refractivity contribution in [3.63, 3.8) is 0 Å². The lowest BCUT2D eigenvalue weighted by Crippen LogP contribution is -2.49. The molecule has 1 rings (SSSR count). The van der Waals surface area contributed by atoms with Crippen LogP contribution in [0.1, 0.15) is 6.92 Å². The van der Waals surface area contributed by atoms with E-state index in [1.165, 1.54) is 12.1 Å². The van der Waals surface area contributed by atoms with Gasteiger partial charge in [-0.15, -0.1) is 0 Å². The fourth-order valence-corrected chi connectivity index (χ4v) is 4.61. The highest BCUT2D eigenvalue weighted by Crippen LogP contribution is 2.13. The summed E-state index contributed by atoms with van der Waals surface area (Å²) in [6, 6.07) is 8.47. The largest absolute Gasteiger partial charge is 0.497 e. The molecule has 0 heterocycles. The monoisotopic (exact) mass is 354 g/mol. The lowest BCUT2D eigenvalue weighted by atomic mass is 10.3. The van der Waals surface area contributed by atoms with E-state index in [-0.39, 0.29) is 17.6 Å². The molecule has 23 heavy (non-hydrogen) atoms. The quantitative estimate of drug-likeness (QED) is 0.485. The molecule has 0 bridgehead atoms. The summed E-state index contributed by atoms with van der Waals surface area (Å²) in [5.41, 5.74) is 0. The molecule has 0 unspecified atom stereocenters. The molecule has 1 aromatic carbocycles. The third-order valence-corrected chi connectivity index (χ3v) is 7.56. The summed E-state index contributed by atoms with van der Waals surface area (Å²) in [5, 5.41) is 6.81. The molecule has 0 spiro atoms. The van der Waals surface area contributed by atoms with Gasteiger partial charge in [-0.1, -0.05) is 30.4 Å². The van der Waals surface area contributed by atoms with Crippen molar-refractivity contribution in [1.82, 2.24) is 10.6 Å². The normalized spacial score (nSPS) is 12.4. The van der Waals surface area contributed by atoms with E-state index in [0.717, 1.165) is 11.8 Å². The second-order valence-electron chi connectivity index (χ2n) is 6.09. The van der Waals surface area contributed by atoms with Crippen molar-refractivity contribution in [1.29, 1.82) is 0 Å². The Labute approximate surface area is 144 Å². The van der Waals surface area contributed by atoms with Gasteiger partial charge in [0.15, 0.2) is 0 Å². The third kappa shape index (κ3) is 6.27. The van der Waals surface area contributed by atoms with Crippen LogP contribution in [-0.2, 0) is 9.59 Å². The number of thiol groups is 1. The molecule has 0 aliphatic rings. The number of benzene rings is 1. The Hall–Kier alpha value is -1.47. The van der Waals surface area contributed by atoms with Crippen molar-refractivity contribution in [2.75, 3.05) is 19.4 Å². The van der Waals surface area contributed by atoms with Gasteiger partial charge in [0.2, 0.25) is 11.8 Å². The van der Waals surface area contributed by atoms with E-state index in [4.69, 9.17) is 4.74 Å². The van der Waals surface area contributed by atoms with E-state index in [1.807, 2.05) is 12.1 Å². The van der Waals surface area contributed by atoms with Crippen molar-refractivity contribution in [2.45, 2.75) is 32.1 Å². The number of hydrogen-bond donors (Lipinski definition) is 3. The lowest BCUT2D eigenvalue weighted by Gasteiger charge is -2.24. The second kappa shape index (κ2) is 8.98. The van der Waals surface area contributed by atoms with E-state index in [2.05, 4.69) is 48.5 Å². The predicted octanol–water partition coefficient (Wildman–Crippen LogP) is 1.16. The molecule has 2 amide bonds. The van der Waals surface area contributed by atoms with E-state index in [1.54, 1.807) is 7.11 Å². The second-order valence-corrected chi connectivity index (χ2v) is 11.3. The molecule has 1 aromatic rings. The molecule has 0 fully saturated rings. The average molecular weight is 355 g/mol. The summed E-state index contributed by atoms with van der Waals surface area (Å²) in [7, 11) is 0.0172. The molecule has 128 valence electrons. The smallest absolute Gasteiger partial charge is 0.243 e. The van der Waals surface area contributed by atoms with E-state index >= 15 is 0 Å². The van der Waals surface area contributed by atoms with Gasteiger partial charge in [-0.3, -0.25) is 9.59 Å². The van der Waals surface area contributed by atoms with Gasteiger partial charge < -0.3 is 15.4 Å². The fraction of sp³-hybridized carbons (Fsp3) is 0.500. The van der Waals surface area contributed by atoms with Crippen molar-refractivity contribution in [2.24, 2.45) is 0 Å². The minimum Gasteiger partial charge on any atom is -0.497 e. The number of methoxy groups -OCH3 is 1. The molecule has 0 radical (unpaired) electrons. The van der Waals surface area contributed by atoms with E-state index in [0.29, 0.717) is 6.54 Å². The number of carbonyl (C=O) groups is 2.